The molecule has 2 bridgehead atoms. The third kappa shape index (κ3) is 2.46. The number of hydrogen-bond donors (Lipinski definition) is 0. The maximum atomic E-state index is 11.7. The number of rotatable bonds is 4. The molecule has 0 aliphatic heterocycles. The molecule has 120 valence electrons. The summed E-state index contributed by atoms with van der Waals surface area (Å²) in [6.45, 7) is 4.03. The summed E-state index contributed by atoms with van der Waals surface area (Å²) >= 11 is 0. The molecule has 6 heteroatoms. The third-order valence-corrected chi connectivity index (χ3v) is 4.57. The molecular weight excluding hydrogens is 288 g/mol. The Morgan fingerprint density at radius 1 is 1.23 bits per heavy atom. The van der Waals surface area contributed by atoms with E-state index in [0.717, 1.165) is 6.42 Å². The first kappa shape index (κ1) is 14.9. The first-order valence-corrected chi connectivity index (χ1v) is 7.68. The number of fused-ring (bicyclic) bond motifs is 5. The second-order valence-corrected chi connectivity index (χ2v) is 5.78. The number of allylic oxidation sites excluding steroid dienone is 2. The Balaban J connectivity index is 1.71. The fourth-order valence-corrected chi connectivity index (χ4v) is 3.78. The molecule has 3 rings (SSSR count). The van der Waals surface area contributed by atoms with Gasteiger partial charge in [-0.05, 0) is 44.3 Å². The van der Waals surface area contributed by atoms with Crippen molar-refractivity contribution in [2.24, 2.45) is 17.8 Å². The van der Waals surface area contributed by atoms with Crippen LogP contribution in [0.3, 0.4) is 0 Å². The third-order valence-electron chi connectivity index (χ3n) is 4.57. The Kier molecular flexibility index (Phi) is 3.85. The van der Waals surface area contributed by atoms with Gasteiger partial charge in [0.25, 0.3) is 0 Å². The van der Waals surface area contributed by atoms with Gasteiger partial charge < -0.3 is 18.9 Å². The fraction of sp³-hybridized carbons (Fsp3) is 0.625. The zero-order valence-electron chi connectivity index (χ0n) is 12.7. The van der Waals surface area contributed by atoms with Gasteiger partial charge in [-0.3, -0.25) is 0 Å². The van der Waals surface area contributed by atoms with Crippen molar-refractivity contribution in [1.29, 1.82) is 0 Å². The van der Waals surface area contributed by atoms with Crippen LogP contribution in [0.5, 0.6) is 0 Å². The van der Waals surface area contributed by atoms with Crippen LogP contribution in [0.1, 0.15) is 26.7 Å². The molecule has 0 amide bonds. The molecule has 0 aromatic rings. The van der Waals surface area contributed by atoms with E-state index in [9.17, 15) is 9.59 Å². The van der Waals surface area contributed by atoms with Gasteiger partial charge in [0.05, 0.1) is 13.2 Å². The minimum absolute atomic E-state index is 0.0244. The van der Waals surface area contributed by atoms with E-state index >= 15 is 0 Å². The topological polar surface area (TPSA) is 71.1 Å². The summed E-state index contributed by atoms with van der Waals surface area (Å²) < 4.78 is 20.5. The Hall–Kier alpha value is -1.98. The lowest BCUT2D eigenvalue weighted by atomic mass is 9.83. The van der Waals surface area contributed by atoms with Crippen molar-refractivity contribution < 1.29 is 28.5 Å². The molecule has 0 heterocycles. The molecule has 3 aliphatic rings. The fourth-order valence-electron chi connectivity index (χ4n) is 3.78. The van der Waals surface area contributed by atoms with Crippen LogP contribution >= 0.6 is 0 Å². The van der Waals surface area contributed by atoms with Crippen LogP contribution in [-0.2, 0) is 18.9 Å². The summed E-state index contributed by atoms with van der Waals surface area (Å²) in [5.41, 5.74) is -0.665. The van der Waals surface area contributed by atoms with Crippen molar-refractivity contribution in [3.63, 3.8) is 0 Å². The normalized spacial score (nSPS) is 34.1. The second kappa shape index (κ2) is 5.66. The van der Waals surface area contributed by atoms with Gasteiger partial charge in [-0.1, -0.05) is 6.08 Å². The minimum Gasteiger partial charge on any atom is -0.435 e. The van der Waals surface area contributed by atoms with Crippen molar-refractivity contribution in [2.75, 3.05) is 13.2 Å². The lowest BCUT2D eigenvalue weighted by Crippen LogP contribution is -2.37. The van der Waals surface area contributed by atoms with Crippen LogP contribution < -0.4 is 0 Å². The number of carbonyl (C=O) groups excluding carboxylic acids is 2. The van der Waals surface area contributed by atoms with Gasteiger partial charge >= 0.3 is 12.3 Å². The molecule has 1 saturated carbocycles. The van der Waals surface area contributed by atoms with Gasteiger partial charge in [-0.2, -0.15) is 0 Å². The Morgan fingerprint density at radius 3 is 2.68 bits per heavy atom. The van der Waals surface area contributed by atoms with E-state index in [2.05, 4.69) is 6.08 Å². The molecular formula is C16H20O6. The number of carbonyl (C=O) groups is 2. The number of ether oxygens (including phenoxy) is 4. The maximum Gasteiger partial charge on any atom is 0.513 e. The Morgan fingerprint density at radius 2 is 1.95 bits per heavy atom. The van der Waals surface area contributed by atoms with Crippen molar-refractivity contribution in [3.05, 3.63) is 24.0 Å². The van der Waals surface area contributed by atoms with Crippen molar-refractivity contribution in [3.8, 4) is 0 Å². The zero-order chi connectivity index (χ0) is 15.7. The first-order valence-electron chi connectivity index (χ1n) is 7.68. The van der Waals surface area contributed by atoms with E-state index in [4.69, 9.17) is 18.9 Å². The largest absolute Gasteiger partial charge is 0.513 e. The van der Waals surface area contributed by atoms with E-state index in [1.165, 1.54) is 0 Å². The summed E-state index contributed by atoms with van der Waals surface area (Å²) in [5.74, 6) is 1.25. The molecule has 0 saturated heterocycles. The summed E-state index contributed by atoms with van der Waals surface area (Å²) in [4.78, 5) is 23.1. The SMILES string of the molecule is CCOC(=O)OC1=CC2C(C1)C1C=CC2(OC(=O)OCC)C1. The van der Waals surface area contributed by atoms with E-state index in [1.807, 2.05) is 12.2 Å². The van der Waals surface area contributed by atoms with E-state index < -0.39 is 17.9 Å². The highest BCUT2D eigenvalue weighted by Gasteiger charge is 2.59. The molecule has 0 radical (unpaired) electrons. The van der Waals surface area contributed by atoms with Crippen LogP contribution in [0.15, 0.2) is 24.0 Å². The van der Waals surface area contributed by atoms with E-state index in [1.54, 1.807) is 13.8 Å². The van der Waals surface area contributed by atoms with Crippen LogP contribution in [0.4, 0.5) is 9.59 Å². The highest BCUT2D eigenvalue weighted by Crippen LogP contribution is 2.58. The van der Waals surface area contributed by atoms with Gasteiger partial charge in [0.2, 0.25) is 0 Å². The quantitative estimate of drug-likeness (QED) is 0.587. The monoisotopic (exact) mass is 308 g/mol. The van der Waals surface area contributed by atoms with Crippen molar-refractivity contribution >= 4 is 12.3 Å². The molecule has 1 fully saturated rings. The second-order valence-electron chi connectivity index (χ2n) is 5.78. The number of hydrogen-bond acceptors (Lipinski definition) is 6. The van der Waals surface area contributed by atoms with Gasteiger partial charge in [0.1, 0.15) is 11.4 Å². The lowest BCUT2D eigenvalue weighted by molar-refractivity contribution is -0.0200. The lowest BCUT2D eigenvalue weighted by Gasteiger charge is -2.30. The molecule has 0 spiro atoms. The highest BCUT2D eigenvalue weighted by atomic mass is 16.7. The smallest absolute Gasteiger partial charge is 0.435 e. The Bertz CT molecular complexity index is 537. The molecule has 3 aliphatic carbocycles. The van der Waals surface area contributed by atoms with Crippen LogP contribution in [0, 0.1) is 17.8 Å². The minimum atomic E-state index is -0.686. The first-order chi connectivity index (χ1) is 10.6. The van der Waals surface area contributed by atoms with Crippen LogP contribution in [-0.4, -0.2) is 31.1 Å². The summed E-state index contributed by atoms with van der Waals surface area (Å²) in [7, 11) is 0. The van der Waals surface area contributed by atoms with Crippen molar-refractivity contribution in [2.45, 2.75) is 32.3 Å². The molecule has 4 unspecified atom stereocenters. The molecule has 6 nitrogen and oxygen atoms in total. The molecule has 0 aromatic heterocycles. The van der Waals surface area contributed by atoms with Gasteiger partial charge in [-0.15, -0.1) is 0 Å². The van der Waals surface area contributed by atoms with Gasteiger partial charge in [0.15, 0.2) is 0 Å². The van der Waals surface area contributed by atoms with E-state index in [0.29, 0.717) is 24.0 Å². The average molecular weight is 308 g/mol. The maximum absolute atomic E-state index is 11.7. The molecule has 0 N–H and O–H groups in total. The molecule has 4 atom stereocenters. The average Bonchev–Trinajstić information content (AvgIpc) is 3.09. The summed E-state index contributed by atoms with van der Waals surface area (Å²) in [6.07, 6.45) is 6.01. The molecule has 0 aromatic carbocycles. The summed E-state index contributed by atoms with van der Waals surface area (Å²) in [6, 6.07) is 0. The Labute approximate surface area is 129 Å². The van der Waals surface area contributed by atoms with Crippen LogP contribution in [0.2, 0.25) is 0 Å². The van der Waals surface area contributed by atoms with Gasteiger partial charge in [0, 0.05) is 12.3 Å². The van der Waals surface area contributed by atoms with Gasteiger partial charge in [-0.25, -0.2) is 9.59 Å². The predicted octanol–water partition coefficient (Wildman–Crippen LogP) is 3.18. The molecule has 22 heavy (non-hydrogen) atoms. The van der Waals surface area contributed by atoms with Crippen LogP contribution in [0.25, 0.3) is 0 Å². The zero-order valence-corrected chi connectivity index (χ0v) is 12.7. The highest BCUT2D eigenvalue weighted by molar-refractivity contribution is 5.63. The summed E-state index contributed by atoms with van der Waals surface area (Å²) in [5, 5.41) is 0. The predicted molar refractivity (Wildman–Crippen MR) is 75.9 cm³/mol. The van der Waals surface area contributed by atoms with E-state index in [-0.39, 0.29) is 19.1 Å². The standard InChI is InChI=1S/C16H20O6/c1-3-19-14(17)21-11-7-12-10-5-6-16(9-10,13(12)8-11)22-15(18)20-4-2/h5-6,8,10,12-13H,3-4,7,9H2,1-2H3. The van der Waals surface area contributed by atoms with Crippen molar-refractivity contribution in [1.82, 2.24) is 0 Å².